The number of para-hydroxylation sites is 1. The Morgan fingerprint density at radius 3 is 2.59 bits per heavy atom. The highest BCUT2D eigenvalue weighted by Crippen LogP contribution is 2.17. The van der Waals surface area contributed by atoms with Crippen molar-refractivity contribution in [3.05, 3.63) is 64.7 Å². The summed E-state index contributed by atoms with van der Waals surface area (Å²) >= 11 is 6.10. The zero-order chi connectivity index (χ0) is 15.9. The second-order valence-electron chi connectivity index (χ2n) is 5.35. The molecule has 0 saturated carbocycles. The van der Waals surface area contributed by atoms with Gasteiger partial charge in [0.1, 0.15) is 0 Å². The lowest BCUT2D eigenvalue weighted by Crippen LogP contribution is -2.28. The van der Waals surface area contributed by atoms with E-state index in [4.69, 9.17) is 11.6 Å². The quantitative estimate of drug-likeness (QED) is 0.820. The van der Waals surface area contributed by atoms with E-state index in [1.165, 1.54) is 5.69 Å². The van der Waals surface area contributed by atoms with E-state index in [0.29, 0.717) is 17.1 Å². The van der Waals surface area contributed by atoms with Crippen molar-refractivity contribution < 1.29 is 4.79 Å². The number of nitrogens with one attached hydrogen (secondary N) is 1. The molecular weight excluding hydrogens is 296 g/mol. The number of hydrogen-bond donors (Lipinski definition) is 1. The van der Waals surface area contributed by atoms with Crippen LogP contribution in [-0.4, -0.2) is 26.0 Å². The maximum Gasteiger partial charge on any atom is 0.252 e. The molecule has 0 unspecified atom stereocenters. The van der Waals surface area contributed by atoms with Crippen LogP contribution < -0.4 is 10.2 Å². The Morgan fingerprint density at radius 2 is 1.91 bits per heavy atom. The Kier molecular flexibility index (Phi) is 5.84. The summed E-state index contributed by atoms with van der Waals surface area (Å²) in [5.41, 5.74) is 2.75. The van der Waals surface area contributed by atoms with Gasteiger partial charge in [0.05, 0.1) is 10.6 Å². The third-order valence-corrected chi connectivity index (χ3v) is 3.83. The highest BCUT2D eigenvalue weighted by Gasteiger charge is 2.09. The molecule has 0 aliphatic heterocycles. The van der Waals surface area contributed by atoms with Gasteiger partial charge >= 0.3 is 0 Å². The fourth-order valence-corrected chi connectivity index (χ4v) is 2.55. The predicted octanol–water partition coefficient (Wildman–Crippen LogP) is 3.90. The van der Waals surface area contributed by atoms with Crippen molar-refractivity contribution in [1.29, 1.82) is 0 Å². The second-order valence-corrected chi connectivity index (χ2v) is 5.76. The lowest BCUT2D eigenvalue weighted by atomic mass is 10.1. The third-order valence-electron chi connectivity index (χ3n) is 3.52. The Balaban J connectivity index is 1.78. The number of rotatable bonds is 6. The van der Waals surface area contributed by atoms with Crippen molar-refractivity contribution in [3.8, 4) is 0 Å². The van der Waals surface area contributed by atoms with Crippen molar-refractivity contribution in [2.75, 3.05) is 25.0 Å². The van der Waals surface area contributed by atoms with E-state index >= 15 is 0 Å². The molecular formula is C18H21ClN2O. The molecule has 0 fully saturated rings. The summed E-state index contributed by atoms with van der Waals surface area (Å²) in [6.07, 6.45) is 0.876. The Labute approximate surface area is 136 Å². The minimum absolute atomic E-state index is 0.118. The molecule has 3 nitrogen and oxygen atoms in total. The molecule has 2 aromatic carbocycles. The zero-order valence-corrected chi connectivity index (χ0v) is 13.7. The largest absolute Gasteiger partial charge is 0.375 e. The smallest absolute Gasteiger partial charge is 0.252 e. The van der Waals surface area contributed by atoms with E-state index in [1.807, 2.05) is 38.2 Å². The fourth-order valence-electron chi connectivity index (χ4n) is 2.23. The summed E-state index contributed by atoms with van der Waals surface area (Å²) < 4.78 is 0. The number of aryl methyl sites for hydroxylation is 1. The minimum Gasteiger partial charge on any atom is -0.375 e. The van der Waals surface area contributed by atoms with Crippen molar-refractivity contribution in [3.63, 3.8) is 0 Å². The van der Waals surface area contributed by atoms with Crippen LogP contribution in [-0.2, 0) is 0 Å². The average molecular weight is 317 g/mol. The molecule has 0 aliphatic rings. The first-order valence-corrected chi connectivity index (χ1v) is 7.76. The van der Waals surface area contributed by atoms with Gasteiger partial charge in [-0.05, 0) is 43.2 Å². The molecule has 2 rings (SSSR count). The maximum atomic E-state index is 12.1. The van der Waals surface area contributed by atoms with Gasteiger partial charge in [0.25, 0.3) is 5.91 Å². The summed E-state index contributed by atoms with van der Waals surface area (Å²) in [6.45, 7) is 3.46. The predicted molar refractivity (Wildman–Crippen MR) is 92.9 cm³/mol. The normalized spacial score (nSPS) is 10.3. The number of amides is 1. The number of carbonyl (C=O) groups excluding carboxylic acids is 1. The number of benzene rings is 2. The van der Waals surface area contributed by atoms with Crippen LogP contribution in [0.5, 0.6) is 0 Å². The molecule has 116 valence electrons. The van der Waals surface area contributed by atoms with Gasteiger partial charge in [0.15, 0.2) is 0 Å². The Morgan fingerprint density at radius 1 is 1.18 bits per heavy atom. The molecule has 0 aromatic heterocycles. The van der Waals surface area contributed by atoms with Gasteiger partial charge in [-0.25, -0.2) is 0 Å². The first-order valence-electron chi connectivity index (χ1n) is 7.38. The molecule has 22 heavy (non-hydrogen) atoms. The number of carbonyl (C=O) groups is 1. The van der Waals surface area contributed by atoms with Crippen LogP contribution in [0.1, 0.15) is 22.3 Å². The molecule has 0 spiro atoms. The van der Waals surface area contributed by atoms with Gasteiger partial charge in [-0.1, -0.05) is 35.9 Å². The second kappa shape index (κ2) is 7.85. The third kappa shape index (κ3) is 4.50. The van der Waals surface area contributed by atoms with Gasteiger partial charge in [-0.3, -0.25) is 4.79 Å². The number of anilines is 1. The monoisotopic (exact) mass is 316 g/mol. The van der Waals surface area contributed by atoms with Crippen LogP contribution in [0, 0.1) is 6.92 Å². The number of halogens is 1. The van der Waals surface area contributed by atoms with Gasteiger partial charge in [0.2, 0.25) is 0 Å². The molecule has 1 amide bonds. The van der Waals surface area contributed by atoms with Crippen LogP contribution in [0.3, 0.4) is 0 Å². The minimum atomic E-state index is -0.118. The van der Waals surface area contributed by atoms with Crippen LogP contribution >= 0.6 is 11.6 Å². The van der Waals surface area contributed by atoms with E-state index in [1.54, 1.807) is 12.1 Å². The van der Waals surface area contributed by atoms with E-state index in [-0.39, 0.29) is 5.91 Å². The number of hydrogen-bond acceptors (Lipinski definition) is 2. The molecule has 0 radical (unpaired) electrons. The first-order chi connectivity index (χ1) is 10.6. The SMILES string of the molecule is Cc1ccc(C(=O)NCCCN(C)c2ccccc2)c(Cl)c1. The van der Waals surface area contributed by atoms with Gasteiger partial charge in [-0.2, -0.15) is 0 Å². The molecule has 0 saturated heterocycles. The lowest BCUT2D eigenvalue weighted by Gasteiger charge is -2.19. The Hall–Kier alpha value is -2.00. The molecule has 4 heteroatoms. The lowest BCUT2D eigenvalue weighted by molar-refractivity contribution is 0.0953. The fraction of sp³-hybridized carbons (Fsp3) is 0.278. The van der Waals surface area contributed by atoms with Gasteiger partial charge in [0, 0.05) is 25.8 Å². The first kappa shape index (κ1) is 16.4. The highest BCUT2D eigenvalue weighted by molar-refractivity contribution is 6.33. The topological polar surface area (TPSA) is 32.3 Å². The summed E-state index contributed by atoms with van der Waals surface area (Å²) in [5, 5.41) is 3.42. The zero-order valence-electron chi connectivity index (χ0n) is 13.0. The summed E-state index contributed by atoms with van der Waals surface area (Å²) in [7, 11) is 2.05. The summed E-state index contributed by atoms with van der Waals surface area (Å²) in [5.74, 6) is -0.118. The molecule has 0 atom stereocenters. The van der Waals surface area contributed by atoms with Crippen molar-refractivity contribution in [2.24, 2.45) is 0 Å². The van der Waals surface area contributed by atoms with Crippen LogP contribution in [0.2, 0.25) is 5.02 Å². The van der Waals surface area contributed by atoms with Crippen LogP contribution in [0.15, 0.2) is 48.5 Å². The Bertz CT molecular complexity index is 628. The van der Waals surface area contributed by atoms with Crippen molar-refractivity contribution >= 4 is 23.2 Å². The van der Waals surface area contributed by atoms with Gasteiger partial charge < -0.3 is 10.2 Å². The summed E-state index contributed by atoms with van der Waals surface area (Å²) in [4.78, 5) is 14.3. The van der Waals surface area contributed by atoms with Crippen LogP contribution in [0.4, 0.5) is 5.69 Å². The van der Waals surface area contributed by atoms with E-state index < -0.39 is 0 Å². The van der Waals surface area contributed by atoms with Crippen molar-refractivity contribution in [1.82, 2.24) is 5.32 Å². The highest BCUT2D eigenvalue weighted by atomic mass is 35.5. The molecule has 0 bridgehead atoms. The maximum absolute atomic E-state index is 12.1. The standard InChI is InChI=1S/C18H21ClN2O/c1-14-9-10-16(17(19)13-14)18(22)20-11-6-12-21(2)15-7-4-3-5-8-15/h3-5,7-10,13H,6,11-12H2,1-2H3,(H,20,22). The van der Waals surface area contributed by atoms with Crippen LogP contribution in [0.25, 0.3) is 0 Å². The molecule has 1 N–H and O–H groups in total. The number of nitrogens with zero attached hydrogens (tertiary/aromatic N) is 1. The summed E-state index contributed by atoms with van der Waals surface area (Å²) in [6, 6.07) is 15.7. The average Bonchev–Trinajstić information content (AvgIpc) is 2.52. The molecule has 0 aliphatic carbocycles. The molecule has 0 heterocycles. The van der Waals surface area contributed by atoms with Crippen molar-refractivity contribution in [2.45, 2.75) is 13.3 Å². The van der Waals surface area contributed by atoms with E-state index in [0.717, 1.165) is 18.5 Å². The van der Waals surface area contributed by atoms with E-state index in [9.17, 15) is 4.79 Å². The van der Waals surface area contributed by atoms with E-state index in [2.05, 4.69) is 22.3 Å². The molecule has 2 aromatic rings. The van der Waals surface area contributed by atoms with Gasteiger partial charge in [-0.15, -0.1) is 0 Å².